The number of fused-ring (bicyclic) bond motifs is 1. The molecule has 1 amide bonds. The summed E-state index contributed by atoms with van der Waals surface area (Å²) in [6.07, 6.45) is 0.839. The van der Waals surface area contributed by atoms with Gasteiger partial charge >= 0.3 is 0 Å². The summed E-state index contributed by atoms with van der Waals surface area (Å²) in [5.41, 5.74) is 3.21. The molecule has 0 saturated carbocycles. The molecule has 0 saturated heterocycles. The summed E-state index contributed by atoms with van der Waals surface area (Å²) in [4.78, 5) is 13.3. The highest BCUT2D eigenvalue weighted by Crippen LogP contribution is 2.22. The van der Waals surface area contributed by atoms with E-state index in [1.165, 1.54) is 5.56 Å². The molecule has 1 heterocycles. The summed E-state index contributed by atoms with van der Waals surface area (Å²) in [5.74, 6) is -0.0172. The number of aliphatic hydroxyl groups excluding tert-OH is 1. The van der Waals surface area contributed by atoms with E-state index in [1.807, 2.05) is 12.1 Å². The van der Waals surface area contributed by atoms with Crippen LogP contribution < -0.4 is 0 Å². The molecule has 1 aliphatic rings. The van der Waals surface area contributed by atoms with Crippen LogP contribution >= 0.6 is 11.6 Å². The van der Waals surface area contributed by atoms with Crippen LogP contribution in [0, 0.1) is 0 Å². The molecule has 0 aromatic heterocycles. The molecule has 86 valence electrons. The predicted octanol–water partition coefficient (Wildman–Crippen LogP) is 1.30. The van der Waals surface area contributed by atoms with Gasteiger partial charge in [0.2, 0.25) is 5.91 Å². The standard InChI is InChI=1S/C12H14ClNO2/c13-6-12(16)14-5-4-9-2-1-3-10(8-15)11(9)7-14/h1-3,15H,4-8H2. The van der Waals surface area contributed by atoms with Crippen molar-refractivity contribution >= 4 is 17.5 Å². The number of aliphatic hydroxyl groups is 1. The van der Waals surface area contributed by atoms with E-state index in [4.69, 9.17) is 11.6 Å². The van der Waals surface area contributed by atoms with Crippen molar-refractivity contribution < 1.29 is 9.90 Å². The van der Waals surface area contributed by atoms with Gasteiger partial charge < -0.3 is 10.0 Å². The molecule has 0 atom stereocenters. The Balaban J connectivity index is 2.27. The minimum atomic E-state index is -0.0416. The van der Waals surface area contributed by atoms with E-state index in [1.54, 1.807) is 4.90 Å². The monoisotopic (exact) mass is 239 g/mol. The van der Waals surface area contributed by atoms with Crippen molar-refractivity contribution in [1.29, 1.82) is 0 Å². The predicted molar refractivity (Wildman–Crippen MR) is 62.2 cm³/mol. The average Bonchev–Trinajstić information content (AvgIpc) is 2.36. The Hall–Kier alpha value is -1.06. The summed E-state index contributed by atoms with van der Waals surface area (Å²) >= 11 is 5.55. The zero-order valence-electron chi connectivity index (χ0n) is 8.95. The minimum absolute atomic E-state index is 0.0199. The lowest BCUT2D eigenvalue weighted by Crippen LogP contribution is -2.37. The number of hydrogen-bond acceptors (Lipinski definition) is 2. The van der Waals surface area contributed by atoms with E-state index in [-0.39, 0.29) is 18.4 Å². The molecule has 0 spiro atoms. The Morgan fingerprint density at radius 1 is 1.50 bits per heavy atom. The fourth-order valence-corrected chi connectivity index (χ4v) is 2.27. The van der Waals surface area contributed by atoms with Crippen LogP contribution in [-0.4, -0.2) is 28.3 Å². The normalized spacial score (nSPS) is 14.8. The third-order valence-corrected chi connectivity index (χ3v) is 3.24. The molecule has 3 nitrogen and oxygen atoms in total. The highest BCUT2D eigenvalue weighted by Gasteiger charge is 2.21. The lowest BCUT2D eigenvalue weighted by Gasteiger charge is -2.29. The van der Waals surface area contributed by atoms with Gasteiger partial charge in [0.25, 0.3) is 0 Å². The van der Waals surface area contributed by atoms with Crippen molar-refractivity contribution in [2.75, 3.05) is 12.4 Å². The number of alkyl halides is 1. The minimum Gasteiger partial charge on any atom is -0.392 e. The molecule has 4 heteroatoms. The van der Waals surface area contributed by atoms with Gasteiger partial charge in [0, 0.05) is 13.1 Å². The van der Waals surface area contributed by atoms with Crippen molar-refractivity contribution in [3.63, 3.8) is 0 Å². The molecule has 0 unspecified atom stereocenters. The summed E-state index contributed by atoms with van der Waals surface area (Å²) < 4.78 is 0. The summed E-state index contributed by atoms with van der Waals surface area (Å²) in [6.45, 7) is 1.30. The number of carbonyl (C=O) groups is 1. The lowest BCUT2D eigenvalue weighted by atomic mass is 9.95. The third kappa shape index (κ3) is 2.06. The van der Waals surface area contributed by atoms with Crippen LogP contribution in [0.4, 0.5) is 0 Å². The number of amides is 1. The Kier molecular flexibility index (Phi) is 3.46. The maximum atomic E-state index is 11.5. The van der Waals surface area contributed by atoms with Crippen LogP contribution in [0.2, 0.25) is 0 Å². The first-order chi connectivity index (χ1) is 7.76. The maximum Gasteiger partial charge on any atom is 0.237 e. The second kappa shape index (κ2) is 4.85. The van der Waals surface area contributed by atoms with Gasteiger partial charge in [0.15, 0.2) is 0 Å². The summed E-state index contributed by atoms with van der Waals surface area (Å²) in [7, 11) is 0. The number of benzene rings is 1. The van der Waals surface area contributed by atoms with Crippen LogP contribution in [0.15, 0.2) is 18.2 Å². The largest absolute Gasteiger partial charge is 0.392 e. The first-order valence-electron chi connectivity index (χ1n) is 5.30. The van der Waals surface area contributed by atoms with Crippen molar-refractivity contribution in [2.24, 2.45) is 0 Å². The Labute approximate surface area is 99.6 Å². The lowest BCUT2D eigenvalue weighted by molar-refractivity contribution is -0.129. The second-order valence-electron chi connectivity index (χ2n) is 3.91. The van der Waals surface area contributed by atoms with Crippen LogP contribution in [0.5, 0.6) is 0 Å². The second-order valence-corrected chi connectivity index (χ2v) is 4.18. The number of halogens is 1. The molecule has 0 radical (unpaired) electrons. The molecular weight excluding hydrogens is 226 g/mol. The van der Waals surface area contributed by atoms with Gasteiger partial charge in [-0.05, 0) is 23.1 Å². The Bertz CT molecular complexity index is 392. The van der Waals surface area contributed by atoms with Gasteiger partial charge in [-0.15, -0.1) is 11.6 Å². The zero-order chi connectivity index (χ0) is 11.5. The van der Waals surface area contributed by atoms with Gasteiger partial charge in [-0.3, -0.25) is 4.79 Å². The topological polar surface area (TPSA) is 40.5 Å². The molecule has 1 aromatic rings. The Morgan fingerprint density at radius 3 is 3.00 bits per heavy atom. The highest BCUT2D eigenvalue weighted by atomic mass is 35.5. The molecule has 0 aliphatic carbocycles. The molecular formula is C12H14ClNO2. The van der Waals surface area contributed by atoms with E-state index in [0.29, 0.717) is 13.1 Å². The van der Waals surface area contributed by atoms with E-state index >= 15 is 0 Å². The smallest absolute Gasteiger partial charge is 0.237 e. The van der Waals surface area contributed by atoms with Crippen LogP contribution in [0.25, 0.3) is 0 Å². The Morgan fingerprint density at radius 2 is 2.31 bits per heavy atom. The number of hydrogen-bond donors (Lipinski definition) is 1. The number of carbonyl (C=O) groups excluding carboxylic acids is 1. The van der Waals surface area contributed by atoms with Crippen molar-refractivity contribution in [2.45, 2.75) is 19.6 Å². The van der Waals surface area contributed by atoms with Gasteiger partial charge in [0.1, 0.15) is 5.88 Å². The van der Waals surface area contributed by atoms with Crippen LogP contribution in [-0.2, 0) is 24.4 Å². The van der Waals surface area contributed by atoms with Crippen molar-refractivity contribution in [3.05, 3.63) is 34.9 Å². The van der Waals surface area contributed by atoms with Gasteiger partial charge in [0.05, 0.1) is 6.61 Å². The fraction of sp³-hybridized carbons (Fsp3) is 0.417. The fourth-order valence-electron chi connectivity index (χ4n) is 2.10. The van der Waals surface area contributed by atoms with E-state index < -0.39 is 0 Å². The summed E-state index contributed by atoms with van der Waals surface area (Å²) in [6, 6.07) is 5.90. The first-order valence-corrected chi connectivity index (χ1v) is 5.84. The molecule has 0 fully saturated rings. The average molecular weight is 240 g/mol. The van der Waals surface area contributed by atoms with Crippen molar-refractivity contribution in [3.8, 4) is 0 Å². The quantitative estimate of drug-likeness (QED) is 0.791. The van der Waals surface area contributed by atoms with Gasteiger partial charge in [-0.1, -0.05) is 18.2 Å². The van der Waals surface area contributed by atoms with Gasteiger partial charge in [-0.2, -0.15) is 0 Å². The van der Waals surface area contributed by atoms with E-state index in [0.717, 1.165) is 17.5 Å². The molecule has 0 bridgehead atoms. The first kappa shape index (κ1) is 11.4. The number of nitrogens with zero attached hydrogens (tertiary/aromatic N) is 1. The van der Waals surface area contributed by atoms with Gasteiger partial charge in [-0.25, -0.2) is 0 Å². The number of rotatable bonds is 2. The molecule has 1 aliphatic heterocycles. The van der Waals surface area contributed by atoms with Crippen LogP contribution in [0.3, 0.4) is 0 Å². The van der Waals surface area contributed by atoms with Crippen molar-refractivity contribution in [1.82, 2.24) is 4.90 Å². The molecule has 1 aromatic carbocycles. The molecule has 16 heavy (non-hydrogen) atoms. The highest BCUT2D eigenvalue weighted by molar-refractivity contribution is 6.27. The van der Waals surface area contributed by atoms with E-state index in [2.05, 4.69) is 6.07 Å². The molecule has 1 N–H and O–H groups in total. The zero-order valence-corrected chi connectivity index (χ0v) is 9.70. The summed E-state index contributed by atoms with van der Waals surface area (Å²) in [5, 5.41) is 9.25. The maximum absolute atomic E-state index is 11.5. The van der Waals surface area contributed by atoms with Crippen LogP contribution in [0.1, 0.15) is 16.7 Å². The van der Waals surface area contributed by atoms with E-state index in [9.17, 15) is 9.90 Å². The third-order valence-electron chi connectivity index (χ3n) is 3.01. The molecule has 2 rings (SSSR count). The SMILES string of the molecule is O=C(CCl)N1CCc2cccc(CO)c2C1.